The molecule has 0 aromatic carbocycles. The van der Waals surface area contributed by atoms with Crippen molar-refractivity contribution in [2.75, 3.05) is 32.8 Å². The number of ether oxygens (including phenoxy) is 1. The zero-order valence-corrected chi connectivity index (χ0v) is 9.87. The van der Waals surface area contributed by atoms with Gasteiger partial charge in [-0.15, -0.1) is 0 Å². The van der Waals surface area contributed by atoms with Crippen molar-refractivity contribution >= 4 is 0 Å². The lowest BCUT2D eigenvalue weighted by atomic mass is 10.00. The van der Waals surface area contributed by atoms with Gasteiger partial charge in [0.2, 0.25) is 0 Å². The van der Waals surface area contributed by atoms with Crippen LogP contribution in [-0.2, 0) is 4.74 Å². The zero-order chi connectivity index (χ0) is 10.5. The average molecular weight is 212 g/mol. The Balaban J connectivity index is 1.80. The van der Waals surface area contributed by atoms with Gasteiger partial charge in [0, 0.05) is 31.8 Å². The molecule has 2 heterocycles. The summed E-state index contributed by atoms with van der Waals surface area (Å²) in [5, 5.41) is 3.58. The van der Waals surface area contributed by atoms with Gasteiger partial charge in [-0.1, -0.05) is 6.92 Å². The second-order valence-electron chi connectivity index (χ2n) is 4.74. The summed E-state index contributed by atoms with van der Waals surface area (Å²) in [4.78, 5) is 2.68. The van der Waals surface area contributed by atoms with Crippen molar-refractivity contribution in [1.82, 2.24) is 10.2 Å². The summed E-state index contributed by atoms with van der Waals surface area (Å²) in [6.07, 6.45) is 5.18. The molecule has 0 aromatic rings. The monoisotopic (exact) mass is 212 g/mol. The van der Waals surface area contributed by atoms with Crippen molar-refractivity contribution in [3.05, 3.63) is 0 Å². The summed E-state index contributed by atoms with van der Waals surface area (Å²) >= 11 is 0. The Morgan fingerprint density at radius 3 is 2.80 bits per heavy atom. The normalized spacial score (nSPS) is 30.6. The fourth-order valence-electron chi connectivity index (χ4n) is 2.84. The maximum atomic E-state index is 5.42. The van der Waals surface area contributed by atoms with Gasteiger partial charge in [-0.3, -0.25) is 4.90 Å². The molecule has 1 N–H and O–H groups in total. The van der Waals surface area contributed by atoms with Gasteiger partial charge in [0.25, 0.3) is 0 Å². The third kappa shape index (κ3) is 3.16. The molecular weight excluding hydrogens is 188 g/mol. The van der Waals surface area contributed by atoms with Crippen molar-refractivity contribution in [3.8, 4) is 0 Å². The average Bonchev–Trinajstić information content (AvgIpc) is 2.31. The molecule has 2 fully saturated rings. The van der Waals surface area contributed by atoms with Crippen molar-refractivity contribution in [3.63, 3.8) is 0 Å². The molecule has 2 aliphatic heterocycles. The molecule has 0 aromatic heterocycles. The van der Waals surface area contributed by atoms with Gasteiger partial charge in [-0.05, 0) is 38.8 Å². The van der Waals surface area contributed by atoms with Crippen LogP contribution in [-0.4, -0.2) is 49.8 Å². The summed E-state index contributed by atoms with van der Waals surface area (Å²) in [5.41, 5.74) is 0. The summed E-state index contributed by atoms with van der Waals surface area (Å²) in [6.45, 7) is 7.78. The molecule has 0 saturated carbocycles. The number of rotatable bonds is 3. The van der Waals surface area contributed by atoms with Gasteiger partial charge in [0.05, 0.1) is 0 Å². The Hall–Kier alpha value is -0.120. The van der Waals surface area contributed by atoms with Crippen LogP contribution in [0.2, 0.25) is 0 Å². The highest BCUT2D eigenvalue weighted by atomic mass is 16.5. The van der Waals surface area contributed by atoms with Gasteiger partial charge in [0.15, 0.2) is 0 Å². The summed E-state index contributed by atoms with van der Waals surface area (Å²) in [5.74, 6) is 0. The molecule has 15 heavy (non-hydrogen) atoms. The SMILES string of the molecule is CCNC1CCCN(C2CCOCC2)C1. The molecule has 3 nitrogen and oxygen atoms in total. The first-order valence-electron chi connectivity index (χ1n) is 6.45. The highest BCUT2D eigenvalue weighted by molar-refractivity contribution is 4.83. The highest BCUT2D eigenvalue weighted by Gasteiger charge is 2.26. The Labute approximate surface area is 93.2 Å². The van der Waals surface area contributed by atoms with Crippen LogP contribution in [0.5, 0.6) is 0 Å². The molecule has 88 valence electrons. The number of piperidine rings is 1. The van der Waals surface area contributed by atoms with E-state index in [-0.39, 0.29) is 0 Å². The molecule has 2 aliphatic rings. The maximum Gasteiger partial charge on any atom is 0.0480 e. The fourth-order valence-corrected chi connectivity index (χ4v) is 2.84. The van der Waals surface area contributed by atoms with E-state index in [9.17, 15) is 0 Å². The van der Waals surface area contributed by atoms with E-state index < -0.39 is 0 Å². The largest absolute Gasteiger partial charge is 0.381 e. The predicted molar refractivity (Wildman–Crippen MR) is 62.1 cm³/mol. The first kappa shape index (κ1) is 11.4. The molecule has 1 unspecified atom stereocenters. The second kappa shape index (κ2) is 5.83. The van der Waals surface area contributed by atoms with E-state index in [2.05, 4.69) is 17.1 Å². The number of nitrogens with zero attached hydrogens (tertiary/aromatic N) is 1. The third-order valence-electron chi connectivity index (χ3n) is 3.65. The number of hydrogen-bond donors (Lipinski definition) is 1. The molecule has 3 heteroatoms. The van der Waals surface area contributed by atoms with Crippen molar-refractivity contribution in [1.29, 1.82) is 0 Å². The number of likely N-dealkylation sites (tertiary alicyclic amines) is 1. The number of likely N-dealkylation sites (N-methyl/N-ethyl adjacent to an activating group) is 1. The molecule has 0 aliphatic carbocycles. The van der Waals surface area contributed by atoms with E-state index in [1.54, 1.807) is 0 Å². The van der Waals surface area contributed by atoms with Crippen LogP contribution in [0, 0.1) is 0 Å². The van der Waals surface area contributed by atoms with Crippen molar-refractivity contribution in [2.45, 2.75) is 44.7 Å². The molecule has 0 amide bonds. The summed E-state index contributed by atoms with van der Waals surface area (Å²) < 4.78 is 5.42. The van der Waals surface area contributed by atoms with Gasteiger partial charge in [-0.2, -0.15) is 0 Å². The minimum atomic E-state index is 0.728. The van der Waals surface area contributed by atoms with Crippen LogP contribution in [0.15, 0.2) is 0 Å². The van der Waals surface area contributed by atoms with Crippen LogP contribution in [0.4, 0.5) is 0 Å². The van der Waals surface area contributed by atoms with Gasteiger partial charge < -0.3 is 10.1 Å². The fraction of sp³-hybridized carbons (Fsp3) is 1.00. The van der Waals surface area contributed by atoms with Gasteiger partial charge >= 0.3 is 0 Å². The number of nitrogens with one attached hydrogen (secondary N) is 1. The first-order valence-corrected chi connectivity index (χ1v) is 6.45. The quantitative estimate of drug-likeness (QED) is 0.762. The maximum absolute atomic E-state index is 5.42. The van der Waals surface area contributed by atoms with Crippen LogP contribution in [0.1, 0.15) is 32.6 Å². The minimum absolute atomic E-state index is 0.728. The molecule has 2 rings (SSSR count). The lowest BCUT2D eigenvalue weighted by molar-refractivity contribution is 0.0221. The standard InChI is InChI=1S/C12H24N2O/c1-2-13-11-4-3-7-14(10-11)12-5-8-15-9-6-12/h11-13H,2-10H2,1H3. The van der Waals surface area contributed by atoms with Crippen LogP contribution in [0.3, 0.4) is 0 Å². The summed E-state index contributed by atoms with van der Waals surface area (Å²) in [7, 11) is 0. The Bertz CT molecular complexity index is 178. The van der Waals surface area contributed by atoms with Crippen molar-refractivity contribution < 1.29 is 4.74 Å². The smallest absolute Gasteiger partial charge is 0.0480 e. The molecule has 1 atom stereocenters. The van der Waals surface area contributed by atoms with E-state index >= 15 is 0 Å². The van der Waals surface area contributed by atoms with Crippen molar-refractivity contribution in [2.24, 2.45) is 0 Å². The van der Waals surface area contributed by atoms with Crippen LogP contribution < -0.4 is 5.32 Å². The van der Waals surface area contributed by atoms with E-state index in [0.717, 1.165) is 31.8 Å². The molecular formula is C12H24N2O. The van der Waals surface area contributed by atoms with E-state index in [1.807, 2.05) is 0 Å². The number of hydrogen-bond acceptors (Lipinski definition) is 3. The first-order chi connectivity index (χ1) is 7.40. The highest BCUT2D eigenvalue weighted by Crippen LogP contribution is 2.19. The van der Waals surface area contributed by atoms with Crippen LogP contribution >= 0.6 is 0 Å². The van der Waals surface area contributed by atoms with E-state index in [4.69, 9.17) is 4.74 Å². The Morgan fingerprint density at radius 1 is 1.27 bits per heavy atom. The van der Waals surface area contributed by atoms with Gasteiger partial charge in [-0.25, -0.2) is 0 Å². The Morgan fingerprint density at radius 2 is 2.07 bits per heavy atom. The van der Waals surface area contributed by atoms with Gasteiger partial charge in [0.1, 0.15) is 0 Å². The lowest BCUT2D eigenvalue weighted by Gasteiger charge is -2.40. The predicted octanol–water partition coefficient (Wildman–Crippen LogP) is 1.24. The third-order valence-corrected chi connectivity index (χ3v) is 3.65. The molecule has 0 bridgehead atoms. The topological polar surface area (TPSA) is 24.5 Å². The van der Waals surface area contributed by atoms with E-state index in [1.165, 1.54) is 38.8 Å². The zero-order valence-electron chi connectivity index (χ0n) is 9.87. The molecule has 0 spiro atoms. The van der Waals surface area contributed by atoms with E-state index in [0.29, 0.717) is 0 Å². The lowest BCUT2D eigenvalue weighted by Crippen LogP contribution is -2.50. The molecule has 2 saturated heterocycles. The second-order valence-corrected chi connectivity index (χ2v) is 4.74. The summed E-state index contributed by atoms with van der Waals surface area (Å²) in [6, 6.07) is 1.52. The van der Waals surface area contributed by atoms with Crippen LogP contribution in [0.25, 0.3) is 0 Å². The Kier molecular flexibility index (Phi) is 4.42. The minimum Gasteiger partial charge on any atom is -0.381 e. The molecule has 0 radical (unpaired) electrons.